The Hall–Kier alpha value is -2.48. The molecule has 0 aliphatic carbocycles. The van der Waals surface area contributed by atoms with E-state index in [1.54, 1.807) is 0 Å². The van der Waals surface area contributed by atoms with Crippen molar-refractivity contribution in [2.45, 2.75) is 16.0 Å². The number of rotatable bonds is 6. The summed E-state index contributed by atoms with van der Waals surface area (Å²) in [6.45, 7) is -1.75. The van der Waals surface area contributed by atoms with Crippen molar-refractivity contribution >= 4 is 31.6 Å². The summed E-state index contributed by atoms with van der Waals surface area (Å²) >= 11 is 0. The number of primary sulfonamides is 1. The van der Waals surface area contributed by atoms with Crippen molar-refractivity contribution in [3.63, 3.8) is 0 Å². The fourth-order valence-electron chi connectivity index (χ4n) is 2.00. The molecule has 0 spiro atoms. The van der Waals surface area contributed by atoms with Crippen molar-refractivity contribution in [3.05, 3.63) is 54.1 Å². The van der Waals surface area contributed by atoms with Gasteiger partial charge in [-0.25, -0.2) is 26.7 Å². The van der Waals surface area contributed by atoms with Gasteiger partial charge in [0.2, 0.25) is 20.0 Å². The highest BCUT2D eigenvalue weighted by molar-refractivity contribution is 7.89. The van der Waals surface area contributed by atoms with E-state index in [1.807, 2.05) is 0 Å². The van der Waals surface area contributed by atoms with E-state index in [0.717, 1.165) is 24.3 Å². The van der Waals surface area contributed by atoms with Gasteiger partial charge in [-0.3, -0.25) is 4.79 Å². The van der Waals surface area contributed by atoms with Gasteiger partial charge in [-0.15, -0.1) is 0 Å². The number of nitrogens with two attached hydrogens (primary N) is 1. The Morgan fingerprint density at radius 3 is 2.11 bits per heavy atom. The van der Waals surface area contributed by atoms with Gasteiger partial charge in [0.05, 0.1) is 9.79 Å². The molecule has 0 saturated heterocycles. The van der Waals surface area contributed by atoms with E-state index in [2.05, 4.69) is 5.32 Å². The molecule has 0 heterocycles. The number of anilines is 1. The van der Waals surface area contributed by atoms with Crippen LogP contribution >= 0.6 is 0 Å². The lowest BCUT2D eigenvalue weighted by molar-refractivity contribution is -0.121. The maximum atomic E-state index is 12.2. The molecule has 0 fully saturated rings. The second-order valence-corrected chi connectivity index (χ2v) is 8.82. The molecule has 8 nitrogen and oxygen atoms in total. The number of carbonyl (C=O) groups is 1. The van der Waals surface area contributed by atoms with Crippen LogP contribution in [0.15, 0.2) is 58.3 Å². The van der Waals surface area contributed by atoms with Crippen LogP contribution in [-0.2, 0) is 20.0 Å². The average Bonchev–Trinajstić information content (AvgIpc) is 2.59. The minimum absolute atomic E-state index is 0.134. The molecule has 0 atom stereocenters. The molecule has 2 aromatic rings. The van der Waals surface area contributed by atoms with Crippen molar-refractivity contribution < 1.29 is 34.8 Å². The van der Waals surface area contributed by atoms with Gasteiger partial charge in [0.25, 0.3) is 5.91 Å². The van der Waals surface area contributed by atoms with E-state index < -0.39 is 43.6 Å². The van der Waals surface area contributed by atoms with Crippen LogP contribution in [0.1, 0.15) is 10.4 Å². The van der Waals surface area contributed by atoms with Gasteiger partial charge < -0.3 is 5.32 Å². The number of amides is 1. The van der Waals surface area contributed by atoms with Crippen molar-refractivity contribution in [1.29, 1.82) is 0 Å². The zero-order chi connectivity index (χ0) is 21.2. The third-order valence-electron chi connectivity index (χ3n) is 3.31. The Labute approximate surface area is 158 Å². The normalized spacial score (nSPS) is 12.6. The molecule has 0 aliphatic rings. The van der Waals surface area contributed by atoms with E-state index in [-0.39, 0.29) is 16.1 Å². The van der Waals surface area contributed by atoms with Gasteiger partial charge in [0, 0.05) is 11.3 Å². The van der Waals surface area contributed by atoms with E-state index in [1.165, 1.54) is 29.0 Å². The topological polar surface area (TPSA) is 135 Å². The molecule has 13 heteroatoms. The van der Waals surface area contributed by atoms with E-state index in [9.17, 15) is 34.8 Å². The van der Waals surface area contributed by atoms with E-state index in [4.69, 9.17) is 5.14 Å². The van der Waals surface area contributed by atoms with Crippen molar-refractivity contribution in [2.24, 2.45) is 5.14 Å². The molecule has 28 heavy (non-hydrogen) atoms. The van der Waals surface area contributed by atoms with Gasteiger partial charge in [-0.2, -0.15) is 13.2 Å². The SMILES string of the molecule is NS(=O)(=O)c1ccc(NC(=O)c2cccc(S(=O)(=O)NCC(F)(F)F)c2)cc1. The van der Waals surface area contributed by atoms with Crippen LogP contribution in [0.25, 0.3) is 0 Å². The molecule has 0 unspecified atom stereocenters. The zero-order valence-corrected chi connectivity index (χ0v) is 15.5. The summed E-state index contributed by atoms with van der Waals surface area (Å²) in [6.07, 6.45) is -4.73. The summed E-state index contributed by atoms with van der Waals surface area (Å²) in [7, 11) is -8.38. The molecule has 1 amide bonds. The lowest BCUT2D eigenvalue weighted by Crippen LogP contribution is -2.33. The van der Waals surface area contributed by atoms with Crippen molar-refractivity contribution in [3.8, 4) is 0 Å². The quantitative estimate of drug-likeness (QED) is 0.628. The number of hydrogen-bond donors (Lipinski definition) is 3. The van der Waals surface area contributed by atoms with Gasteiger partial charge in [0.15, 0.2) is 0 Å². The molecular formula is C15H14F3N3O5S2. The fourth-order valence-corrected chi connectivity index (χ4v) is 3.57. The number of sulfonamides is 2. The van der Waals surface area contributed by atoms with Crippen molar-refractivity contribution in [2.75, 3.05) is 11.9 Å². The highest BCUT2D eigenvalue weighted by atomic mass is 32.2. The third-order valence-corrected chi connectivity index (χ3v) is 5.64. The maximum Gasteiger partial charge on any atom is 0.402 e. The monoisotopic (exact) mass is 437 g/mol. The largest absolute Gasteiger partial charge is 0.402 e. The number of carbonyl (C=O) groups excluding carboxylic acids is 1. The Balaban J connectivity index is 2.18. The Kier molecular flexibility index (Phi) is 6.13. The second-order valence-electron chi connectivity index (χ2n) is 5.49. The summed E-state index contributed by atoms with van der Waals surface area (Å²) in [6, 6.07) is 9.26. The molecule has 152 valence electrons. The Morgan fingerprint density at radius 2 is 1.57 bits per heavy atom. The average molecular weight is 437 g/mol. The number of halogens is 3. The summed E-state index contributed by atoms with van der Waals surface area (Å²) in [5.74, 6) is -0.753. The highest BCUT2D eigenvalue weighted by Crippen LogP contribution is 2.18. The van der Waals surface area contributed by atoms with E-state index in [0.29, 0.717) is 0 Å². The lowest BCUT2D eigenvalue weighted by Gasteiger charge is -2.11. The van der Waals surface area contributed by atoms with Gasteiger partial charge in [-0.1, -0.05) is 6.07 Å². The summed E-state index contributed by atoms with van der Waals surface area (Å²) in [4.78, 5) is 11.6. The highest BCUT2D eigenvalue weighted by Gasteiger charge is 2.30. The van der Waals surface area contributed by atoms with Crippen molar-refractivity contribution in [1.82, 2.24) is 4.72 Å². The summed E-state index contributed by atoms with van der Waals surface area (Å²) in [5, 5.41) is 7.36. The van der Waals surface area contributed by atoms with Crippen LogP contribution in [-0.4, -0.2) is 35.5 Å². The molecule has 4 N–H and O–H groups in total. The first kappa shape index (κ1) is 21.8. The summed E-state index contributed by atoms with van der Waals surface area (Å²) < 4.78 is 84.3. The first-order valence-electron chi connectivity index (χ1n) is 7.39. The molecule has 2 aromatic carbocycles. The smallest absolute Gasteiger partial charge is 0.322 e. The first-order valence-corrected chi connectivity index (χ1v) is 10.4. The third kappa shape index (κ3) is 6.02. The number of hydrogen-bond acceptors (Lipinski definition) is 5. The second kappa shape index (κ2) is 7.87. The molecule has 0 aromatic heterocycles. The lowest BCUT2D eigenvalue weighted by atomic mass is 10.2. The minimum atomic E-state index is -4.73. The van der Waals surface area contributed by atoms with Crippen LogP contribution < -0.4 is 15.2 Å². The van der Waals surface area contributed by atoms with Crippen LogP contribution in [0.5, 0.6) is 0 Å². The van der Waals surface area contributed by atoms with Crippen LogP contribution in [0.2, 0.25) is 0 Å². The zero-order valence-electron chi connectivity index (χ0n) is 13.9. The molecule has 0 radical (unpaired) electrons. The van der Waals surface area contributed by atoms with Gasteiger partial charge >= 0.3 is 6.18 Å². The van der Waals surface area contributed by atoms with Gasteiger partial charge in [-0.05, 0) is 42.5 Å². The number of nitrogens with one attached hydrogen (secondary N) is 2. The molecular weight excluding hydrogens is 423 g/mol. The first-order chi connectivity index (χ1) is 12.8. The Morgan fingerprint density at radius 1 is 0.964 bits per heavy atom. The Bertz CT molecular complexity index is 1080. The fraction of sp³-hybridized carbons (Fsp3) is 0.133. The molecule has 0 aliphatic heterocycles. The maximum absolute atomic E-state index is 12.2. The van der Waals surface area contributed by atoms with Crippen LogP contribution in [0, 0.1) is 0 Å². The van der Waals surface area contributed by atoms with Crippen LogP contribution in [0.3, 0.4) is 0 Å². The molecule has 0 saturated carbocycles. The number of benzene rings is 2. The van der Waals surface area contributed by atoms with E-state index >= 15 is 0 Å². The minimum Gasteiger partial charge on any atom is -0.322 e. The number of alkyl halides is 3. The predicted octanol–water partition coefficient (Wildman–Crippen LogP) is 1.43. The standard InChI is InChI=1S/C15H14F3N3O5S2/c16-15(17,18)9-20-28(25,26)13-3-1-2-10(8-13)14(22)21-11-4-6-12(7-5-11)27(19,23)24/h1-8,20H,9H2,(H,21,22)(H2,19,23,24). The predicted molar refractivity (Wildman–Crippen MR) is 93.5 cm³/mol. The summed E-state index contributed by atoms with van der Waals surface area (Å²) in [5.41, 5.74) is 0.0614. The molecule has 2 rings (SSSR count). The van der Waals surface area contributed by atoms with Crippen LogP contribution in [0.4, 0.5) is 18.9 Å². The van der Waals surface area contributed by atoms with Gasteiger partial charge in [0.1, 0.15) is 6.54 Å². The molecule has 0 bridgehead atoms.